The SMILES string of the molecule is CNC(=O)[C@H](Cc1ccccc1)NC(=O)[C@@H](CC(C)C)S[C@H]1CN(C(=O)CCCCCN2C(=O)c3ccccc3C2=O)C[C@H]1S. The number of nitrogens with one attached hydrogen (secondary N) is 2. The van der Waals surface area contributed by atoms with Crippen molar-refractivity contribution in [1.82, 2.24) is 20.4 Å². The third-order valence-electron chi connectivity index (χ3n) is 8.22. The molecule has 4 rings (SSSR count). The molecule has 2 heterocycles. The van der Waals surface area contributed by atoms with Crippen molar-refractivity contribution in [2.45, 2.75) is 74.2 Å². The Morgan fingerprint density at radius 3 is 2.18 bits per heavy atom. The van der Waals surface area contributed by atoms with Gasteiger partial charge in [0, 0.05) is 50.0 Å². The van der Waals surface area contributed by atoms with Gasteiger partial charge < -0.3 is 15.5 Å². The number of fused-ring (bicyclic) bond motifs is 1. The molecule has 2 aromatic carbocycles. The van der Waals surface area contributed by atoms with E-state index in [0.29, 0.717) is 62.9 Å². The van der Waals surface area contributed by atoms with Gasteiger partial charge in [-0.05, 0) is 42.9 Å². The van der Waals surface area contributed by atoms with E-state index in [1.807, 2.05) is 35.2 Å². The zero-order chi connectivity index (χ0) is 32.5. The summed E-state index contributed by atoms with van der Waals surface area (Å²) >= 11 is 6.33. The maximum Gasteiger partial charge on any atom is 0.261 e. The largest absolute Gasteiger partial charge is 0.357 e. The monoisotopic (exact) mass is 652 g/mol. The summed E-state index contributed by atoms with van der Waals surface area (Å²) < 4.78 is 0. The molecule has 0 saturated carbocycles. The normalized spacial score (nSPS) is 19.0. The Labute approximate surface area is 275 Å². The number of amides is 5. The first-order valence-corrected chi connectivity index (χ1v) is 17.2. The van der Waals surface area contributed by atoms with E-state index in [1.54, 1.807) is 43.1 Å². The molecule has 9 nitrogen and oxygen atoms in total. The summed E-state index contributed by atoms with van der Waals surface area (Å²) in [5.74, 6) is -0.617. The number of thioether (sulfide) groups is 1. The smallest absolute Gasteiger partial charge is 0.261 e. The Morgan fingerprint density at radius 2 is 1.56 bits per heavy atom. The minimum Gasteiger partial charge on any atom is -0.357 e. The lowest BCUT2D eigenvalue weighted by atomic mass is 10.0. The van der Waals surface area contributed by atoms with Crippen molar-refractivity contribution in [3.63, 3.8) is 0 Å². The third-order valence-corrected chi connectivity index (χ3v) is 10.5. The molecular weight excluding hydrogens is 609 g/mol. The van der Waals surface area contributed by atoms with Crippen molar-refractivity contribution in [1.29, 1.82) is 0 Å². The third kappa shape index (κ3) is 9.13. The molecule has 2 aliphatic rings. The zero-order valence-corrected chi connectivity index (χ0v) is 27.9. The molecule has 2 aliphatic heterocycles. The molecule has 1 fully saturated rings. The van der Waals surface area contributed by atoms with Gasteiger partial charge in [-0.1, -0.05) is 62.7 Å². The second-order valence-electron chi connectivity index (χ2n) is 12.1. The van der Waals surface area contributed by atoms with Crippen LogP contribution in [0.2, 0.25) is 0 Å². The summed E-state index contributed by atoms with van der Waals surface area (Å²) in [7, 11) is 1.57. The number of likely N-dealkylation sites (tertiary alicyclic amines) is 1. The van der Waals surface area contributed by atoms with Crippen LogP contribution in [0.5, 0.6) is 0 Å². The van der Waals surface area contributed by atoms with Crippen molar-refractivity contribution in [2.75, 3.05) is 26.7 Å². The summed E-state index contributed by atoms with van der Waals surface area (Å²) in [6.07, 6.45) is 3.43. The second-order valence-corrected chi connectivity index (χ2v) is 14.3. The number of hydrogen-bond acceptors (Lipinski definition) is 7. The van der Waals surface area contributed by atoms with Crippen LogP contribution in [-0.2, 0) is 20.8 Å². The van der Waals surface area contributed by atoms with Gasteiger partial charge in [-0.15, -0.1) is 11.8 Å². The van der Waals surface area contributed by atoms with E-state index in [2.05, 4.69) is 24.5 Å². The first-order chi connectivity index (χ1) is 21.6. The fourth-order valence-electron chi connectivity index (χ4n) is 5.78. The van der Waals surface area contributed by atoms with Gasteiger partial charge in [0.15, 0.2) is 0 Å². The molecule has 2 N–H and O–H groups in total. The van der Waals surface area contributed by atoms with Crippen molar-refractivity contribution in [3.05, 3.63) is 71.3 Å². The maximum absolute atomic E-state index is 13.5. The number of likely N-dealkylation sites (N-methyl/N-ethyl adjacent to an activating group) is 1. The van der Waals surface area contributed by atoms with E-state index in [9.17, 15) is 24.0 Å². The van der Waals surface area contributed by atoms with Crippen molar-refractivity contribution >= 4 is 53.9 Å². The van der Waals surface area contributed by atoms with Crippen LogP contribution in [0.4, 0.5) is 0 Å². The van der Waals surface area contributed by atoms with Crippen LogP contribution in [0.3, 0.4) is 0 Å². The van der Waals surface area contributed by atoms with Gasteiger partial charge in [-0.2, -0.15) is 12.6 Å². The number of hydrogen-bond donors (Lipinski definition) is 3. The Balaban J connectivity index is 1.25. The number of carbonyl (C=O) groups excluding carboxylic acids is 5. The van der Waals surface area contributed by atoms with Crippen LogP contribution in [0.1, 0.15) is 72.2 Å². The minimum absolute atomic E-state index is 0.0202. The number of imide groups is 1. The molecule has 0 aromatic heterocycles. The first kappa shape index (κ1) is 34.6. The van der Waals surface area contributed by atoms with Gasteiger partial charge in [-0.25, -0.2) is 0 Å². The van der Waals surface area contributed by atoms with Gasteiger partial charge in [0.1, 0.15) is 6.04 Å². The molecule has 0 unspecified atom stereocenters. The van der Waals surface area contributed by atoms with Gasteiger partial charge >= 0.3 is 0 Å². The van der Waals surface area contributed by atoms with Gasteiger partial charge in [-0.3, -0.25) is 28.9 Å². The van der Waals surface area contributed by atoms with Crippen molar-refractivity contribution < 1.29 is 24.0 Å². The van der Waals surface area contributed by atoms with Gasteiger partial charge in [0.05, 0.1) is 16.4 Å². The highest BCUT2D eigenvalue weighted by Crippen LogP contribution is 2.33. The molecule has 1 saturated heterocycles. The molecule has 2 aromatic rings. The van der Waals surface area contributed by atoms with Crippen molar-refractivity contribution in [3.8, 4) is 0 Å². The van der Waals surface area contributed by atoms with E-state index in [-0.39, 0.29) is 51.2 Å². The molecule has 0 spiro atoms. The molecular formula is C34H44N4O5S2. The molecule has 0 bridgehead atoms. The van der Waals surface area contributed by atoms with E-state index >= 15 is 0 Å². The van der Waals surface area contributed by atoms with Crippen LogP contribution in [0, 0.1) is 5.92 Å². The summed E-state index contributed by atoms with van der Waals surface area (Å²) in [4.78, 5) is 67.5. The Bertz CT molecular complexity index is 1340. The fraction of sp³-hybridized carbons (Fsp3) is 0.500. The first-order valence-electron chi connectivity index (χ1n) is 15.7. The Morgan fingerprint density at radius 1 is 0.911 bits per heavy atom. The predicted molar refractivity (Wildman–Crippen MR) is 180 cm³/mol. The molecule has 0 aliphatic carbocycles. The molecule has 4 atom stereocenters. The number of rotatable bonds is 15. The molecule has 5 amide bonds. The van der Waals surface area contributed by atoms with E-state index < -0.39 is 6.04 Å². The number of nitrogens with zero attached hydrogens (tertiary/aromatic N) is 2. The summed E-state index contributed by atoms with van der Waals surface area (Å²) in [6, 6.07) is 15.8. The Hall–Kier alpha value is -3.31. The number of unbranched alkanes of at least 4 members (excludes halogenated alkanes) is 2. The molecule has 0 radical (unpaired) electrons. The topological polar surface area (TPSA) is 116 Å². The number of thiol groups is 1. The van der Waals surface area contributed by atoms with Gasteiger partial charge in [0.2, 0.25) is 17.7 Å². The van der Waals surface area contributed by atoms with Crippen LogP contribution < -0.4 is 10.6 Å². The lowest BCUT2D eigenvalue weighted by molar-refractivity contribution is -0.130. The second kappa shape index (κ2) is 16.3. The van der Waals surface area contributed by atoms with Gasteiger partial charge in [0.25, 0.3) is 11.8 Å². The van der Waals surface area contributed by atoms with Crippen LogP contribution in [0.25, 0.3) is 0 Å². The highest BCUT2D eigenvalue weighted by atomic mass is 32.2. The molecule has 45 heavy (non-hydrogen) atoms. The van der Waals surface area contributed by atoms with Crippen LogP contribution in [-0.4, -0.2) is 87.8 Å². The van der Waals surface area contributed by atoms with E-state index in [0.717, 1.165) is 12.0 Å². The highest BCUT2D eigenvalue weighted by Gasteiger charge is 2.38. The zero-order valence-electron chi connectivity index (χ0n) is 26.2. The lowest BCUT2D eigenvalue weighted by Gasteiger charge is -2.25. The summed E-state index contributed by atoms with van der Waals surface area (Å²) in [6.45, 7) is 5.50. The van der Waals surface area contributed by atoms with E-state index in [4.69, 9.17) is 12.6 Å². The lowest BCUT2D eigenvalue weighted by Crippen LogP contribution is -2.50. The molecule has 242 valence electrons. The quantitative estimate of drug-likeness (QED) is 0.152. The maximum atomic E-state index is 13.5. The Kier molecular flexibility index (Phi) is 12.5. The van der Waals surface area contributed by atoms with Crippen LogP contribution >= 0.6 is 24.4 Å². The number of carbonyl (C=O) groups is 5. The van der Waals surface area contributed by atoms with Crippen molar-refractivity contribution in [2.24, 2.45) is 5.92 Å². The fourth-order valence-corrected chi connectivity index (χ4v) is 7.92. The molecule has 11 heteroatoms. The summed E-state index contributed by atoms with van der Waals surface area (Å²) in [5, 5.41) is 5.18. The summed E-state index contributed by atoms with van der Waals surface area (Å²) in [5.41, 5.74) is 1.86. The highest BCUT2D eigenvalue weighted by molar-refractivity contribution is 8.02. The average Bonchev–Trinajstić information content (AvgIpc) is 3.51. The van der Waals surface area contributed by atoms with Crippen LogP contribution in [0.15, 0.2) is 54.6 Å². The average molecular weight is 653 g/mol. The number of benzene rings is 2. The minimum atomic E-state index is -0.689. The standard InChI is InChI=1S/C34H44N4O5S2/c1-22(2)18-28(32(41)36-26(31(40)35-3)19-23-12-6-4-7-13-23)45-29-21-37(20-27(29)44)30(39)16-8-5-11-17-38-33(42)24-14-9-10-15-25(24)34(38)43/h4,6-7,9-10,12-15,22,26-29,44H,5,8,11,16-21H2,1-3H3,(H,35,40)(H,36,41)/t26-,27+,28+,29-/m0/s1. The predicted octanol–water partition coefficient (Wildman–Crippen LogP) is 3.97. The van der Waals surface area contributed by atoms with E-state index in [1.165, 1.54) is 4.90 Å².